The van der Waals surface area contributed by atoms with E-state index in [1.807, 2.05) is 0 Å². The summed E-state index contributed by atoms with van der Waals surface area (Å²) in [7, 11) is 0. The van der Waals surface area contributed by atoms with E-state index >= 15 is 0 Å². The van der Waals surface area contributed by atoms with E-state index in [9.17, 15) is 4.79 Å². The zero-order chi connectivity index (χ0) is 14.0. The van der Waals surface area contributed by atoms with Crippen molar-refractivity contribution in [1.29, 1.82) is 0 Å². The molecule has 6 rings (SSSR count). The molecule has 2 heteroatoms. The molecule has 116 valence electrons. The van der Waals surface area contributed by atoms with Gasteiger partial charge in [0.1, 0.15) is 0 Å². The third kappa shape index (κ3) is 1.74. The van der Waals surface area contributed by atoms with E-state index in [1.165, 1.54) is 70.6 Å². The van der Waals surface area contributed by atoms with Crippen LogP contribution in [0.5, 0.6) is 0 Å². The predicted molar refractivity (Wildman–Crippen MR) is 82.7 cm³/mol. The lowest BCUT2D eigenvalue weighted by Gasteiger charge is -2.47. The number of carbonyl (C=O) groups is 1. The Morgan fingerprint density at radius 1 is 0.905 bits per heavy atom. The number of likely N-dealkylation sites (tertiary alicyclic amines) is 1. The first kappa shape index (κ1) is 13.0. The summed E-state index contributed by atoms with van der Waals surface area (Å²) in [6, 6.07) is 0.618. The van der Waals surface area contributed by atoms with Gasteiger partial charge in [-0.05, 0) is 81.5 Å². The lowest BCUT2D eigenvalue weighted by atomic mass is 9.72. The van der Waals surface area contributed by atoms with E-state index < -0.39 is 0 Å². The molecule has 0 aromatic heterocycles. The number of hydrogen-bond donors (Lipinski definition) is 0. The van der Waals surface area contributed by atoms with Gasteiger partial charge in [-0.15, -0.1) is 0 Å². The molecular formula is C19H29NO. The second-order valence-corrected chi connectivity index (χ2v) is 8.95. The van der Waals surface area contributed by atoms with Crippen molar-refractivity contribution >= 4 is 5.91 Å². The highest BCUT2D eigenvalue weighted by atomic mass is 16.2. The second-order valence-electron chi connectivity index (χ2n) is 8.95. The van der Waals surface area contributed by atoms with E-state index in [2.05, 4.69) is 4.90 Å². The maximum atomic E-state index is 13.6. The Hall–Kier alpha value is -0.530. The molecule has 2 unspecified atom stereocenters. The molecule has 6 fully saturated rings. The summed E-state index contributed by atoms with van der Waals surface area (Å²) in [5, 5.41) is 0. The number of nitrogens with zero attached hydrogens (tertiary/aromatic N) is 1. The van der Waals surface area contributed by atoms with Crippen molar-refractivity contribution in [3.8, 4) is 0 Å². The molecule has 0 spiro atoms. The fourth-order valence-corrected chi connectivity index (χ4v) is 7.31. The standard InChI is InChI=1S/C19H29NO/c21-18(19-11-13-8-14(12-19)10-16(19)9-13)20-7-3-5-15-4-1-2-6-17(15)20/h13-17H,1-12H2/t13?,14?,15-,16?,17+,19?/m1/s1. The van der Waals surface area contributed by atoms with Gasteiger partial charge in [0.25, 0.3) is 0 Å². The summed E-state index contributed by atoms with van der Waals surface area (Å²) in [6.07, 6.45) is 14.8. The number of fused-ring (bicyclic) bond motifs is 1. The van der Waals surface area contributed by atoms with E-state index in [-0.39, 0.29) is 5.41 Å². The van der Waals surface area contributed by atoms with Crippen LogP contribution in [-0.2, 0) is 4.79 Å². The van der Waals surface area contributed by atoms with Gasteiger partial charge >= 0.3 is 0 Å². The Balaban J connectivity index is 1.43. The summed E-state index contributed by atoms with van der Waals surface area (Å²) in [5.41, 5.74) is 0.118. The smallest absolute Gasteiger partial charge is 0.229 e. The molecule has 4 bridgehead atoms. The molecule has 1 amide bonds. The average molecular weight is 287 g/mol. The minimum absolute atomic E-state index is 0.118. The first-order valence-electron chi connectivity index (χ1n) is 9.57. The van der Waals surface area contributed by atoms with E-state index in [4.69, 9.17) is 0 Å². The Morgan fingerprint density at radius 3 is 2.43 bits per heavy atom. The molecule has 1 aliphatic heterocycles. The third-order valence-corrected chi connectivity index (χ3v) is 7.92. The SMILES string of the molecule is O=C(N1CCC[C@H]2CCCC[C@@H]21)C12CC3CC(CC1C3)C2. The molecule has 6 aliphatic rings. The predicted octanol–water partition coefficient (Wildman–Crippen LogP) is 3.99. The van der Waals surface area contributed by atoms with E-state index in [0.29, 0.717) is 11.9 Å². The van der Waals surface area contributed by atoms with Crippen molar-refractivity contribution in [1.82, 2.24) is 4.90 Å². The van der Waals surface area contributed by atoms with Crippen LogP contribution in [0.1, 0.15) is 70.6 Å². The lowest BCUT2D eigenvalue weighted by molar-refractivity contribution is -0.150. The number of carbonyl (C=O) groups excluding carboxylic acids is 1. The highest BCUT2D eigenvalue weighted by Crippen LogP contribution is 2.66. The summed E-state index contributed by atoms with van der Waals surface area (Å²) >= 11 is 0. The van der Waals surface area contributed by atoms with Gasteiger partial charge in [0.2, 0.25) is 5.91 Å². The van der Waals surface area contributed by atoms with Gasteiger partial charge in [0.05, 0.1) is 5.41 Å². The van der Waals surface area contributed by atoms with Crippen LogP contribution >= 0.6 is 0 Å². The molecule has 5 saturated carbocycles. The highest BCUT2D eigenvalue weighted by Gasteiger charge is 2.62. The average Bonchev–Trinajstić information content (AvgIpc) is 2.91. The van der Waals surface area contributed by atoms with Crippen molar-refractivity contribution in [3.63, 3.8) is 0 Å². The Kier molecular flexibility index (Phi) is 2.77. The van der Waals surface area contributed by atoms with Crippen LogP contribution in [-0.4, -0.2) is 23.4 Å². The van der Waals surface area contributed by atoms with Crippen molar-refractivity contribution in [2.45, 2.75) is 76.7 Å². The molecule has 0 radical (unpaired) electrons. The minimum Gasteiger partial charge on any atom is -0.339 e. The van der Waals surface area contributed by atoms with Gasteiger partial charge in [0, 0.05) is 12.6 Å². The normalized spacial score (nSPS) is 51.2. The number of amides is 1. The van der Waals surface area contributed by atoms with Crippen LogP contribution in [0.4, 0.5) is 0 Å². The quantitative estimate of drug-likeness (QED) is 0.714. The molecule has 1 heterocycles. The summed E-state index contributed by atoms with van der Waals surface area (Å²) in [5.74, 6) is 4.02. The molecular weight excluding hydrogens is 258 g/mol. The Bertz CT molecular complexity index is 442. The van der Waals surface area contributed by atoms with Crippen LogP contribution in [0.3, 0.4) is 0 Å². The van der Waals surface area contributed by atoms with Gasteiger partial charge in [0.15, 0.2) is 0 Å². The summed E-state index contributed by atoms with van der Waals surface area (Å²) in [4.78, 5) is 16.0. The van der Waals surface area contributed by atoms with Crippen molar-refractivity contribution in [2.24, 2.45) is 29.1 Å². The summed E-state index contributed by atoms with van der Waals surface area (Å²) in [6.45, 7) is 1.07. The van der Waals surface area contributed by atoms with E-state index in [1.54, 1.807) is 0 Å². The van der Waals surface area contributed by atoms with Crippen LogP contribution in [0, 0.1) is 29.1 Å². The van der Waals surface area contributed by atoms with Gasteiger partial charge in [-0.3, -0.25) is 4.79 Å². The number of rotatable bonds is 1. The van der Waals surface area contributed by atoms with Crippen molar-refractivity contribution in [2.75, 3.05) is 6.54 Å². The fraction of sp³-hybridized carbons (Fsp3) is 0.947. The monoisotopic (exact) mass is 287 g/mol. The topological polar surface area (TPSA) is 20.3 Å². The van der Waals surface area contributed by atoms with Crippen LogP contribution < -0.4 is 0 Å². The van der Waals surface area contributed by atoms with Gasteiger partial charge in [-0.25, -0.2) is 0 Å². The number of hydrogen-bond acceptors (Lipinski definition) is 1. The van der Waals surface area contributed by atoms with Crippen LogP contribution in [0.2, 0.25) is 0 Å². The second kappa shape index (κ2) is 4.49. The van der Waals surface area contributed by atoms with Crippen molar-refractivity contribution in [3.05, 3.63) is 0 Å². The lowest BCUT2D eigenvalue weighted by Crippen LogP contribution is -2.55. The summed E-state index contributed by atoms with van der Waals surface area (Å²) < 4.78 is 0. The minimum atomic E-state index is 0.118. The zero-order valence-corrected chi connectivity index (χ0v) is 13.2. The van der Waals surface area contributed by atoms with Crippen molar-refractivity contribution < 1.29 is 4.79 Å². The van der Waals surface area contributed by atoms with Crippen LogP contribution in [0.25, 0.3) is 0 Å². The van der Waals surface area contributed by atoms with Gasteiger partial charge < -0.3 is 4.90 Å². The molecule has 2 nitrogen and oxygen atoms in total. The third-order valence-electron chi connectivity index (χ3n) is 7.92. The first-order valence-corrected chi connectivity index (χ1v) is 9.57. The molecule has 0 aromatic rings. The molecule has 5 aliphatic carbocycles. The first-order chi connectivity index (χ1) is 10.3. The molecule has 0 aromatic carbocycles. The molecule has 21 heavy (non-hydrogen) atoms. The largest absolute Gasteiger partial charge is 0.339 e. The highest BCUT2D eigenvalue weighted by molar-refractivity contribution is 5.84. The maximum absolute atomic E-state index is 13.6. The number of piperidine rings is 1. The Morgan fingerprint density at radius 2 is 1.62 bits per heavy atom. The molecule has 0 N–H and O–H groups in total. The van der Waals surface area contributed by atoms with Gasteiger partial charge in [-0.2, -0.15) is 0 Å². The fourth-order valence-electron chi connectivity index (χ4n) is 7.31. The maximum Gasteiger partial charge on any atom is 0.229 e. The molecule has 4 atom stereocenters. The van der Waals surface area contributed by atoms with E-state index in [0.717, 1.165) is 30.2 Å². The zero-order valence-electron chi connectivity index (χ0n) is 13.2. The Labute approximate surface area is 128 Å². The van der Waals surface area contributed by atoms with Gasteiger partial charge in [-0.1, -0.05) is 12.8 Å². The van der Waals surface area contributed by atoms with Crippen LogP contribution in [0.15, 0.2) is 0 Å². The molecule has 1 saturated heterocycles.